The Balaban J connectivity index is 1.61. The number of benzene rings is 1. The topological polar surface area (TPSA) is 15.3 Å². The zero-order valence-corrected chi connectivity index (χ0v) is 11.2. The predicted octanol–water partition coefficient (Wildman–Crippen LogP) is 2.71. The van der Waals surface area contributed by atoms with E-state index in [-0.39, 0.29) is 5.82 Å². The molecular formula is C15H23FN2. The molecule has 1 heterocycles. The lowest BCUT2D eigenvalue weighted by atomic mass is 10.1. The van der Waals surface area contributed by atoms with Crippen molar-refractivity contribution >= 4 is 0 Å². The van der Waals surface area contributed by atoms with Crippen molar-refractivity contribution < 1.29 is 4.39 Å². The Bertz CT molecular complexity index is 373. The highest BCUT2D eigenvalue weighted by Gasteiger charge is 2.09. The highest BCUT2D eigenvalue weighted by molar-refractivity contribution is 5.23. The van der Waals surface area contributed by atoms with Gasteiger partial charge in [0.2, 0.25) is 0 Å². The minimum Gasteiger partial charge on any atom is -0.313 e. The number of rotatable bonds is 6. The molecule has 1 aromatic rings. The quantitative estimate of drug-likeness (QED) is 0.781. The Morgan fingerprint density at radius 2 is 2.06 bits per heavy atom. The first-order chi connectivity index (χ1) is 8.75. The average Bonchev–Trinajstić information content (AvgIpc) is 2.86. The van der Waals surface area contributed by atoms with Crippen molar-refractivity contribution in [3.8, 4) is 0 Å². The molecule has 0 aromatic heterocycles. The molecule has 1 saturated heterocycles. The molecule has 18 heavy (non-hydrogen) atoms. The van der Waals surface area contributed by atoms with Gasteiger partial charge in [-0.15, -0.1) is 0 Å². The number of aryl methyl sites for hydroxylation is 1. The van der Waals surface area contributed by atoms with E-state index < -0.39 is 0 Å². The zero-order chi connectivity index (χ0) is 12.8. The molecule has 1 fully saturated rings. The number of likely N-dealkylation sites (tertiary alicyclic amines) is 1. The third kappa shape index (κ3) is 4.07. The van der Waals surface area contributed by atoms with Crippen LogP contribution in [-0.2, 0) is 6.54 Å². The third-order valence-corrected chi connectivity index (χ3v) is 3.59. The smallest absolute Gasteiger partial charge is 0.126 e. The fraction of sp³-hybridized carbons (Fsp3) is 0.600. The summed E-state index contributed by atoms with van der Waals surface area (Å²) in [7, 11) is 0. The van der Waals surface area contributed by atoms with E-state index in [0.717, 1.165) is 18.7 Å². The Hall–Kier alpha value is -0.930. The Morgan fingerprint density at radius 3 is 2.78 bits per heavy atom. The van der Waals surface area contributed by atoms with Crippen LogP contribution in [0.25, 0.3) is 0 Å². The van der Waals surface area contributed by atoms with Gasteiger partial charge in [0, 0.05) is 6.54 Å². The lowest BCUT2D eigenvalue weighted by Crippen LogP contribution is -2.24. The van der Waals surface area contributed by atoms with Crippen LogP contribution < -0.4 is 5.32 Å². The number of hydrogen-bond acceptors (Lipinski definition) is 2. The second-order valence-electron chi connectivity index (χ2n) is 5.16. The molecule has 1 aliphatic heterocycles. The van der Waals surface area contributed by atoms with Crippen LogP contribution in [0, 0.1) is 12.7 Å². The molecular weight excluding hydrogens is 227 g/mol. The van der Waals surface area contributed by atoms with Gasteiger partial charge in [0.05, 0.1) is 0 Å². The Morgan fingerprint density at radius 1 is 1.28 bits per heavy atom. The lowest BCUT2D eigenvalue weighted by Gasteiger charge is -2.14. The van der Waals surface area contributed by atoms with Crippen molar-refractivity contribution in [3.05, 3.63) is 35.1 Å². The van der Waals surface area contributed by atoms with Crippen molar-refractivity contribution in [2.45, 2.75) is 32.7 Å². The fourth-order valence-electron chi connectivity index (χ4n) is 2.41. The van der Waals surface area contributed by atoms with Gasteiger partial charge in [0.25, 0.3) is 0 Å². The summed E-state index contributed by atoms with van der Waals surface area (Å²) >= 11 is 0. The molecule has 2 nitrogen and oxygen atoms in total. The molecule has 1 aliphatic rings. The highest BCUT2D eigenvalue weighted by Crippen LogP contribution is 2.09. The van der Waals surface area contributed by atoms with Crippen molar-refractivity contribution in [2.24, 2.45) is 0 Å². The molecule has 0 unspecified atom stereocenters. The van der Waals surface area contributed by atoms with Crippen LogP contribution >= 0.6 is 0 Å². The van der Waals surface area contributed by atoms with Gasteiger partial charge in [0.1, 0.15) is 5.82 Å². The van der Waals surface area contributed by atoms with Crippen molar-refractivity contribution in [1.82, 2.24) is 10.2 Å². The zero-order valence-electron chi connectivity index (χ0n) is 11.2. The molecule has 0 bridgehead atoms. The van der Waals surface area contributed by atoms with Gasteiger partial charge in [-0.25, -0.2) is 4.39 Å². The number of nitrogens with one attached hydrogen (secondary N) is 1. The fourth-order valence-corrected chi connectivity index (χ4v) is 2.41. The van der Waals surface area contributed by atoms with Crippen molar-refractivity contribution in [2.75, 3.05) is 26.2 Å². The maximum atomic E-state index is 13.3. The first kappa shape index (κ1) is 13.5. The van der Waals surface area contributed by atoms with Crippen LogP contribution in [0.2, 0.25) is 0 Å². The molecule has 100 valence electrons. The van der Waals surface area contributed by atoms with Gasteiger partial charge in [-0.1, -0.05) is 12.1 Å². The Labute approximate surface area is 109 Å². The summed E-state index contributed by atoms with van der Waals surface area (Å²) in [6, 6.07) is 5.46. The number of hydrogen-bond donors (Lipinski definition) is 1. The van der Waals surface area contributed by atoms with Gasteiger partial charge >= 0.3 is 0 Å². The highest BCUT2D eigenvalue weighted by atomic mass is 19.1. The minimum absolute atomic E-state index is 0.105. The van der Waals surface area contributed by atoms with Gasteiger partial charge < -0.3 is 10.2 Å². The van der Waals surface area contributed by atoms with Crippen LogP contribution in [0.4, 0.5) is 4.39 Å². The van der Waals surface area contributed by atoms with E-state index in [4.69, 9.17) is 0 Å². The van der Waals surface area contributed by atoms with Gasteiger partial charge in [-0.2, -0.15) is 0 Å². The van der Waals surface area contributed by atoms with E-state index in [9.17, 15) is 4.39 Å². The summed E-state index contributed by atoms with van der Waals surface area (Å²) in [5.41, 5.74) is 1.74. The molecule has 0 radical (unpaired) electrons. The summed E-state index contributed by atoms with van der Waals surface area (Å²) in [5.74, 6) is -0.105. The van der Waals surface area contributed by atoms with Crippen LogP contribution in [0.1, 0.15) is 30.4 Å². The first-order valence-corrected chi connectivity index (χ1v) is 6.94. The van der Waals surface area contributed by atoms with E-state index in [2.05, 4.69) is 10.2 Å². The summed E-state index contributed by atoms with van der Waals surface area (Å²) in [4.78, 5) is 2.52. The third-order valence-electron chi connectivity index (χ3n) is 3.59. The summed E-state index contributed by atoms with van der Waals surface area (Å²) in [5, 5.41) is 3.38. The molecule has 1 aromatic carbocycles. The SMILES string of the molecule is Cc1ccc(CNCCCN2CCCC2)cc1F. The molecule has 0 spiro atoms. The second-order valence-corrected chi connectivity index (χ2v) is 5.16. The molecule has 0 saturated carbocycles. The summed E-state index contributed by atoms with van der Waals surface area (Å²) in [6.07, 6.45) is 3.89. The van der Waals surface area contributed by atoms with Crippen LogP contribution in [-0.4, -0.2) is 31.1 Å². The molecule has 1 N–H and O–H groups in total. The molecule has 3 heteroatoms. The van der Waals surface area contributed by atoms with Gasteiger partial charge in [-0.3, -0.25) is 0 Å². The van der Waals surface area contributed by atoms with Crippen molar-refractivity contribution in [1.29, 1.82) is 0 Å². The van der Waals surface area contributed by atoms with E-state index in [1.807, 2.05) is 12.1 Å². The molecule has 2 rings (SSSR count). The second kappa shape index (κ2) is 6.86. The summed E-state index contributed by atoms with van der Waals surface area (Å²) in [6.45, 7) is 7.29. The molecule has 0 amide bonds. The predicted molar refractivity (Wildman–Crippen MR) is 73.1 cm³/mol. The maximum absolute atomic E-state index is 13.3. The van der Waals surface area contributed by atoms with Crippen LogP contribution in [0.3, 0.4) is 0 Å². The Kier molecular flexibility index (Phi) is 5.14. The first-order valence-electron chi connectivity index (χ1n) is 6.94. The van der Waals surface area contributed by atoms with E-state index >= 15 is 0 Å². The number of halogens is 1. The largest absolute Gasteiger partial charge is 0.313 e. The van der Waals surface area contributed by atoms with Crippen molar-refractivity contribution in [3.63, 3.8) is 0 Å². The minimum atomic E-state index is -0.105. The lowest BCUT2D eigenvalue weighted by molar-refractivity contribution is 0.331. The van der Waals surface area contributed by atoms with E-state index in [0.29, 0.717) is 5.56 Å². The average molecular weight is 250 g/mol. The molecule has 0 aliphatic carbocycles. The van der Waals surface area contributed by atoms with Crippen LogP contribution in [0.15, 0.2) is 18.2 Å². The normalized spacial score (nSPS) is 16.3. The summed E-state index contributed by atoms with van der Waals surface area (Å²) < 4.78 is 13.3. The van der Waals surface area contributed by atoms with Gasteiger partial charge in [0.15, 0.2) is 0 Å². The monoisotopic (exact) mass is 250 g/mol. The van der Waals surface area contributed by atoms with E-state index in [1.54, 1.807) is 13.0 Å². The van der Waals surface area contributed by atoms with Crippen LogP contribution in [0.5, 0.6) is 0 Å². The standard InChI is InChI=1S/C15H23FN2/c1-13-5-6-14(11-15(13)16)12-17-7-4-10-18-8-2-3-9-18/h5-6,11,17H,2-4,7-10,12H2,1H3. The maximum Gasteiger partial charge on any atom is 0.126 e. The number of nitrogens with zero attached hydrogens (tertiary/aromatic N) is 1. The van der Waals surface area contributed by atoms with E-state index in [1.165, 1.54) is 38.9 Å². The molecule has 0 atom stereocenters. The van der Waals surface area contributed by atoms with Gasteiger partial charge in [-0.05, 0) is 69.6 Å².